The molecule has 0 spiro atoms. The molecule has 3 aromatic carbocycles. The number of anilines is 1. The Morgan fingerprint density at radius 2 is 1.77 bits per heavy atom. The highest BCUT2D eigenvalue weighted by Gasteiger charge is 2.21. The molecular weight excluding hydrogens is 382 g/mol. The molecule has 6 heteroatoms. The van der Waals surface area contributed by atoms with Gasteiger partial charge in [-0.25, -0.2) is 4.79 Å². The van der Waals surface area contributed by atoms with E-state index in [1.165, 1.54) is 14.0 Å². The molecule has 1 N–H and O–H groups in total. The van der Waals surface area contributed by atoms with Crippen LogP contribution in [0.2, 0.25) is 0 Å². The molecule has 6 nitrogen and oxygen atoms in total. The van der Waals surface area contributed by atoms with Crippen LogP contribution in [0, 0.1) is 6.92 Å². The van der Waals surface area contributed by atoms with Crippen molar-refractivity contribution < 1.29 is 23.5 Å². The summed E-state index contributed by atoms with van der Waals surface area (Å²) in [4.78, 5) is 25.0. The van der Waals surface area contributed by atoms with Crippen LogP contribution in [-0.4, -0.2) is 25.1 Å². The second kappa shape index (κ2) is 7.91. The predicted octanol–water partition coefficient (Wildman–Crippen LogP) is 5.09. The predicted molar refractivity (Wildman–Crippen MR) is 115 cm³/mol. The number of nitrogens with one attached hydrogen (secondary N) is 1. The molecule has 1 amide bonds. The zero-order valence-electron chi connectivity index (χ0n) is 16.9. The van der Waals surface area contributed by atoms with Crippen molar-refractivity contribution in [3.05, 3.63) is 71.8 Å². The molecule has 0 aliphatic carbocycles. The Kier molecular flexibility index (Phi) is 5.14. The zero-order valence-corrected chi connectivity index (χ0v) is 16.9. The van der Waals surface area contributed by atoms with Crippen molar-refractivity contribution in [1.29, 1.82) is 0 Å². The second-order valence-corrected chi connectivity index (χ2v) is 7.05. The smallest absolute Gasteiger partial charge is 0.338 e. The van der Waals surface area contributed by atoms with Crippen LogP contribution in [-0.2, 0) is 9.53 Å². The Bertz CT molecular complexity index is 1260. The highest BCUT2D eigenvalue weighted by molar-refractivity contribution is 6.08. The lowest BCUT2D eigenvalue weighted by Gasteiger charge is -2.15. The number of amides is 1. The Labute approximate surface area is 173 Å². The van der Waals surface area contributed by atoms with Crippen LogP contribution >= 0.6 is 0 Å². The van der Waals surface area contributed by atoms with E-state index < -0.39 is 18.0 Å². The summed E-state index contributed by atoms with van der Waals surface area (Å²) >= 11 is 0. The molecule has 4 rings (SSSR count). The van der Waals surface area contributed by atoms with Crippen LogP contribution in [0.4, 0.5) is 5.69 Å². The fourth-order valence-electron chi connectivity index (χ4n) is 3.31. The van der Waals surface area contributed by atoms with Gasteiger partial charge in [0, 0.05) is 16.8 Å². The van der Waals surface area contributed by atoms with Crippen LogP contribution in [0.5, 0.6) is 5.75 Å². The van der Waals surface area contributed by atoms with Crippen molar-refractivity contribution in [3.8, 4) is 5.75 Å². The largest absolute Gasteiger partial charge is 0.495 e. The van der Waals surface area contributed by atoms with E-state index in [4.69, 9.17) is 13.9 Å². The van der Waals surface area contributed by atoms with Crippen LogP contribution in [0.25, 0.3) is 21.9 Å². The van der Waals surface area contributed by atoms with Crippen molar-refractivity contribution in [1.82, 2.24) is 0 Å². The number of benzene rings is 3. The van der Waals surface area contributed by atoms with Crippen molar-refractivity contribution >= 4 is 39.5 Å². The minimum Gasteiger partial charge on any atom is -0.495 e. The summed E-state index contributed by atoms with van der Waals surface area (Å²) in [6, 6.07) is 18.2. The summed E-state index contributed by atoms with van der Waals surface area (Å²) in [5, 5.41) is 4.62. The van der Waals surface area contributed by atoms with Gasteiger partial charge in [-0.3, -0.25) is 4.79 Å². The monoisotopic (exact) mass is 403 g/mol. The molecule has 30 heavy (non-hydrogen) atoms. The lowest BCUT2D eigenvalue weighted by Crippen LogP contribution is -2.30. The number of para-hydroxylation sites is 1. The fraction of sp³-hybridized carbons (Fsp3) is 0.167. The molecule has 0 saturated carbocycles. The molecule has 152 valence electrons. The van der Waals surface area contributed by atoms with Crippen molar-refractivity contribution in [2.75, 3.05) is 12.4 Å². The molecule has 0 saturated heterocycles. The van der Waals surface area contributed by atoms with Gasteiger partial charge in [0.05, 0.1) is 18.4 Å². The topological polar surface area (TPSA) is 77.8 Å². The molecule has 0 aliphatic rings. The Morgan fingerprint density at radius 3 is 2.53 bits per heavy atom. The first-order chi connectivity index (χ1) is 14.5. The quantitative estimate of drug-likeness (QED) is 0.470. The van der Waals surface area contributed by atoms with Gasteiger partial charge in [-0.1, -0.05) is 35.9 Å². The number of fused-ring (bicyclic) bond motifs is 3. The number of furan rings is 1. The summed E-state index contributed by atoms with van der Waals surface area (Å²) < 4.78 is 16.6. The van der Waals surface area contributed by atoms with Crippen molar-refractivity contribution in [2.24, 2.45) is 0 Å². The zero-order chi connectivity index (χ0) is 21.3. The van der Waals surface area contributed by atoms with Gasteiger partial charge in [-0.2, -0.15) is 0 Å². The number of rotatable bonds is 5. The SMILES string of the molecule is COc1cc2c(cc1NC(=O)[C@H](C)OC(=O)c1cccc(C)c1)oc1ccccc12. The highest BCUT2D eigenvalue weighted by Crippen LogP contribution is 2.36. The van der Waals surface area contributed by atoms with Gasteiger partial charge in [0.2, 0.25) is 0 Å². The summed E-state index contributed by atoms with van der Waals surface area (Å²) in [6.45, 7) is 3.41. The number of hydrogen-bond acceptors (Lipinski definition) is 5. The first kappa shape index (κ1) is 19.5. The normalized spacial score (nSPS) is 12.0. The average molecular weight is 403 g/mol. The lowest BCUT2D eigenvalue weighted by molar-refractivity contribution is -0.123. The summed E-state index contributed by atoms with van der Waals surface area (Å²) in [5.74, 6) is -0.537. The third-order valence-corrected chi connectivity index (χ3v) is 4.86. The molecule has 0 aliphatic heterocycles. The van der Waals surface area contributed by atoms with Gasteiger partial charge in [-0.15, -0.1) is 0 Å². The molecule has 1 atom stereocenters. The Balaban J connectivity index is 1.55. The van der Waals surface area contributed by atoms with Gasteiger partial charge >= 0.3 is 5.97 Å². The number of carbonyl (C=O) groups is 2. The van der Waals surface area contributed by atoms with E-state index in [1.54, 1.807) is 24.3 Å². The van der Waals surface area contributed by atoms with Crippen LogP contribution in [0.15, 0.2) is 65.1 Å². The van der Waals surface area contributed by atoms with Gasteiger partial charge in [0.1, 0.15) is 16.9 Å². The molecule has 4 aromatic rings. The van der Waals surface area contributed by atoms with E-state index in [2.05, 4.69) is 5.32 Å². The van der Waals surface area contributed by atoms with E-state index in [1.807, 2.05) is 43.3 Å². The molecule has 0 radical (unpaired) electrons. The summed E-state index contributed by atoms with van der Waals surface area (Å²) in [7, 11) is 1.53. The number of methoxy groups -OCH3 is 1. The highest BCUT2D eigenvalue weighted by atomic mass is 16.5. The second-order valence-electron chi connectivity index (χ2n) is 7.05. The number of aryl methyl sites for hydroxylation is 1. The van der Waals surface area contributed by atoms with Crippen LogP contribution in [0.3, 0.4) is 0 Å². The first-order valence-corrected chi connectivity index (χ1v) is 9.54. The maximum absolute atomic E-state index is 12.6. The molecule has 0 unspecified atom stereocenters. The molecule has 0 bridgehead atoms. The first-order valence-electron chi connectivity index (χ1n) is 9.54. The maximum Gasteiger partial charge on any atom is 0.338 e. The fourth-order valence-corrected chi connectivity index (χ4v) is 3.31. The molecule has 0 fully saturated rings. The number of ether oxygens (including phenoxy) is 2. The Morgan fingerprint density at radius 1 is 0.967 bits per heavy atom. The Hall–Kier alpha value is -3.80. The number of carbonyl (C=O) groups excluding carboxylic acids is 2. The van der Waals surface area contributed by atoms with Gasteiger partial charge in [-0.05, 0) is 38.1 Å². The van der Waals surface area contributed by atoms with E-state index in [-0.39, 0.29) is 0 Å². The maximum atomic E-state index is 12.6. The van der Waals surface area contributed by atoms with Crippen molar-refractivity contribution in [2.45, 2.75) is 20.0 Å². The van der Waals surface area contributed by atoms with E-state index in [0.29, 0.717) is 22.6 Å². The third kappa shape index (κ3) is 3.72. The molecule has 1 heterocycles. The minimum atomic E-state index is -0.992. The van der Waals surface area contributed by atoms with E-state index in [0.717, 1.165) is 21.9 Å². The minimum absolute atomic E-state index is 0.399. The molecule has 1 aromatic heterocycles. The average Bonchev–Trinajstić information content (AvgIpc) is 3.10. The third-order valence-electron chi connectivity index (χ3n) is 4.86. The van der Waals surface area contributed by atoms with Gasteiger partial charge in [0.25, 0.3) is 5.91 Å². The van der Waals surface area contributed by atoms with Crippen LogP contribution in [0.1, 0.15) is 22.8 Å². The standard InChI is InChI=1S/C24H21NO5/c1-14-7-6-8-16(11-14)24(27)29-15(2)23(26)25-19-13-21-18(12-22(19)28-3)17-9-4-5-10-20(17)30-21/h4-13,15H,1-3H3,(H,25,26)/t15-/m0/s1. The van der Waals surface area contributed by atoms with Crippen molar-refractivity contribution in [3.63, 3.8) is 0 Å². The lowest BCUT2D eigenvalue weighted by atomic mass is 10.1. The van der Waals surface area contributed by atoms with Gasteiger partial charge < -0.3 is 19.2 Å². The summed E-state index contributed by atoms with van der Waals surface area (Å²) in [6.07, 6.45) is -0.992. The number of hydrogen-bond donors (Lipinski definition) is 1. The number of esters is 1. The van der Waals surface area contributed by atoms with Crippen LogP contribution < -0.4 is 10.1 Å². The van der Waals surface area contributed by atoms with Gasteiger partial charge in [0.15, 0.2) is 6.10 Å². The summed E-state index contributed by atoms with van der Waals surface area (Å²) in [5.41, 5.74) is 3.14. The molecular formula is C24H21NO5. The van der Waals surface area contributed by atoms with E-state index in [9.17, 15) is 9.59 Å². The van der Waals surface area contributed by atoms with E-state index >= 15 is 0 Å².